The molecule has 0 aromatic heterocycles. The van der Waals surface area contributed by atoms with Crippen molar-refractivity contribution in [3.63, 3.8) is 0 Å². The highest BCUT2D eigenvalue weighted by Crippen LogP contribution is 2.50. The molecule has 4 rings (SSSR count). The SMILES string of the molecule is CC[C@@H](C)[C@H](Nc1ccc2c(cc1=O)[C@@H](NC(C)=O)CCc1cc(OC)c(OC)c(OC)c1-2)C(=O)N1CCN(C)CC1. The Bertz CT molecular complexity index is 1370. The zero-order chi connectivity index (χ0) is 30.6. The molecule has 1 aliphatic carbocycles. The van der Waals surface area contributed by atoms with Crippen LogP contribution >= 0.6 is 0 Å². The summed E-state index contributed by atoms with van der Waals surface area (Å²) in [6, 6.07) is 6.17. The number of ether oxygens (including phenoxy) is 3. The van der Waals surface area contributed by atoms with Crippen molar-refractivity contribution >= 4 is 17.5 Å². The quantitative estimate of drug-likeness (QED) is 0.464. The van der Waals surface area contributed by atoms with Crippen molar-refractivity contribution in [1.29, 1.82) is 0 Å². The van der Waals surface area contributed by atoms with E-state index in [2.05, 4.69) is 22.6 Å². The van der Waals surface area contributed by atoms with Gasteiger partial charge in [-0.25, -0.2) is 0 Å². The number of methoxy groups -OCH3 is 3. The molecule has 2 N–H and O–H groups in total. The van der Waals surface area contributed by atoms with E-state index in [1.807, 2.05) is 30.9 Å². The van der Waals surface area contributed by atoms with Gasteiger partial charge in [-0.15, -0.1) is 0 Å². The van der Waals surface area contributed by atoms with Gasteiger partial charge >= 0.3 is 0 Å². The Morgan fingerprint density at radius 1 is 1.02 bits per heavy atom. The summed E-state index contributed by atoms with van der Waals surface area (Å²) in [6.45, 7) is 8.50. The van der Waals surface area contributed by atoms with E-state index in [0.29, 0.717) is 54.4 Å². The fourth-order valence-corrected chi connectivity index (χ4v) is 5.90. The number of hydrogen-bond acceptors (Lipinski definition) is 8. The molecule has 10 heteroatoms. The van der Waals surface area contributed by atoms with Crippen molar-refractivity contribution in [2.75, 3.05) is 59.9 Å². The molecule has 0 saturated carbocycles. The van der Waals surface area contributed by atoms with Crippen LogP contribution in [0.4, 0.5) is 5.69 Å². The minimum absolute atomic E-state index is 0.00423. The molecule has 0 bridgehead atoms. The summed E-state index contributed by atoms with van der Waals surface area (Å²) in [4.78, 5) is 43.9. The van der Waals surface area contributed by atoms with Gasteiger partial charge in [-0.3, -0.25) is 14.4 Å². The van der Waals surface area contributed by atoms with E-state index < -0.39 is 12.1 Å². The van der Waals surface area contributed by atoms with Gasteiger partial charge in [-0.05, 0) is 60.7 Å². The molecule has 1 fully saturated rings. The van der Waals surface area contributed by atoms with Crippen LogP contribution in [0.1, 0.15) is 50.8 Å². The second-order valence-corrected chi connectivity index (χ2v) is 11.2. The summed E-state index contributed by atoms with van der Waals surface area (Å²) in [6.07, 6.45) is 1.96. The molecule has 2 aromatic carbocycles. The van der Waals surface area contributed by atoms with E-state index in [-0.39, 0.29) is 23.2 Å². The van der Waals surface area contributed by atoms with Crippen LogP contribution in [0.25, 0.3) is 11.1 Å². The van der Waals surface area contributed by atoms with Gasteiger partial charge in [0.05, 0.1) is 33.1 Å². The minimum atomic E-state index is -0.550. The largest absolute Gasteiger partial charge is 0.493 e. The molecular formula is C32H44N4O6. The third-order valence-electron chi connectivity index (χ3n) is 8.52. The van der Waals surface area contributed by atoms with Crippen molar-refractivity contribution < 1.29 is 23.8 Å². The average Bonchev–Trinajstić information content (AvgIpc) is 3.22. The number of fused-ring (bicyclic) bond motifs is 3. The van der Waals surface area contributed by atoms with Crippen molar-refractivity contribution in [3.8, 4) is 28.4 Å². The van der Waals surface area contributed by atoms with Gasteiger partial charge in [0.1, 0.15) is 6.04 Å². The summed E-state index contributed by atoms with van der Waals surface area (Å²) >= 11 is 0. The summed E-state index contributed by atoms with van der Waals surface area (Å²) in [5, 5.41) is 6.37. The van der Waals surface area contributed by atoms with Crippen LogP contribution in [0, 0.1) is 5.92 Å². The highest BCUT2D eigenvalue weighted by atomic mass is 16.5. The number of piperazine rings is 1. The Morgan fingerprint density at radius 3 is 2.31 bits per heavy atom. The number of aryl methyl sites for hydroxylation is 1. The second kappa shape index (κ2) is 13.5. The lowest BCUT2D eigenvalue weighted by Crippen LogP contribution is -2.53. The highest BCUT2D eigenvalue weighted by molar-refractivity contribution is 5.86. The predicted octanol–water partition coefficient (Wildman–Crippen LogP) is 3.46. The van der Waals surface area contributed by atoms with Crippen LogP contribution < -0.4 is 30.3 Å². The van der Waals surface area contributed by atoms with E-state index in [1.165, 1.54) is 6.92 Å². The maximum atomic E-state index is 13.8. The molecule has 0 radical (unpaired) electrons. The molecular weight excluding hydrogens is 536 g/mol. The average molecular weight is 581 g/mol. The Labute approximate surface area is 248 Å². The lowest BCUT2D eigenvalue weighted by atomic mass is 9.95. The third kappa shape index (κ3) is 6.33. The summed E-state index contributed by atoms with van der Waals surface area (Å²) < 4.78 is 17.2. The van der Waals surface area contributed by atoms with Gasteiger partial charge in [0.25, 0.3) is 0 Å². The fraction of sp³-hybridized carbons (Fsp3) is 0.531. The third-order valence-corrected chi connectivity index (χ3v) is 8.52. The molecule has 2 amide bonds. The molecule has 3 atom stereocenters. The molecule has 1 aliphatic heterocycles. The standard InChI is InChI=1S/C32H44N4O6/c1-8-19(2)29(32(39)36-15-13-35(4)14-16-36)34-25-12-10-22-23(18-26(25)38)24(33-20(3)37)11-9-21-17-27(40-5)30(41-6)31(42-7)28(21)22/h10,12,17-19,24,29H,8-9,11,13-16H2,1-7H3,(H,33,37)(H,34,38)/t19-,24+,29+/m1/s1. The number of nitrogens with zero attached hydrogens (tertiary/aromatic N) is 2. The molecule has 0 unspecified atom stereocenters. The molecule has 2 aliphatic rings. The second-order valence-electron chi connectivity index (χ2n) is 11.2. The topological polar surface area (TPSA) is 109 Å². The number of carbonyl (C=O) groups excluding carboxylic acids is 2. The van der Waals surface area contributed by atoms with Gasteiger partial charge in [0.15, 0.2) is 11.5 Å². The summed E-state index contributed by atoms with van der Waals surface area (Å²) in [5.41, 5.74) is 3.24. The maximum Gasteiger partial charge on any atom is 0.245 e. The number of carbonyl (C=O) groups is 2. The first kappa shape index (κ1) is 31.2. The van der Waals surface area contributed by atoms with Crippen LogP contribution in [0.2, 0.25) is 0 Å². The van der Waals surface area contributed by atoms with Crippen molar-refractivity contribution in [2.24, 2.45) is 5.92 Å². The van der Waals surface area contributed by atoms with E-state index >= 15 is 0 Å². The fourth-order valence-electron chi connectivity index (χ4n) is 5.90. The Balaban J connectivity index is 1.86. The molecule has 1 heterocycles. The van der Waals surface area contributed by atoms with Gasteiger partial charge in [-0.2, -0.15) is 0 Å². The molecule has 2 aromatic rings. The molecule has 1 saturated heterocycles. The van der Waals surface area contributed by atoms with Crippen molar-refractivity contribution in [3.05, 3.63) is 45.6 Å². The first-order chi connectivity index (χ1) is 20.1. The number of amides is 2. The molecule has 0 spiro atoms. The van der Waals surface area contributed by atoms with E-state index in [4.69, 9.17) is 14.2 Å². The normalized spacial score (nSPS) is 18.1. The van der Waals surface area contributed by atoms with Crippen molar-refractivity contribution in [1.82, 2.24) is 15.1 Å². The summed E-state index contributed by atoms with van der Waals surface area (Å²) in [7, 11) is 6.76. The van der Waals surface area contributed by atoms with Crippen LogP contribution in [0.3, 0.4) is 0 Å². The van der Waals surface area contributed by atoms with Gasteiger partial charge in [0, 0.05) is 38.7 Å². The minimum Gasteiger partial charge on any atom is -0.493 e. The van der Waals surface area contributed by atoms with Crippen LogP contribution in [-0.4, -0.2) is 82.2 Å². The monoisotopic (exact) mass is 580 g/mol. The zero-order valence-electron chi connectivity index (χ0n) is 25.8. The van der Waals surface area contributed by atoms with Crippen LogP contribution in [-0.2, 0) is 16.0 Å². The van der Waals surface area contributed by atoms with Crippen molar-refractivity contribution in [2.45, 2.75) is 52.1 Å². The highest BCUT2D eigenvalue weighted by Gasteiger charge is 2.32. The number of hydrogen-bond donors (Lipinski definition) is 2. The Hall–Kier alpha value is -3.79. The van der Waals surface area contributed by atoms with E-state index in [0.717, 1.165) is 36.2 Å². The number of likely N-dealkylation sites (N-methyl/N-ethyl adjacent to an activating group) is 1. The maximum absolute atomic E-state index is 13.8. The summed E-state index contributed by atoms with van der Waals surface area (Å²) in [5.74, 6) is 1.30. The number of anilines is 1. The molecule has 10 nitrogen and oxygen atoms in total. The first-order valence-electron chi connectivity index (χ1n) is 14.6. The lowest BCUT2D eigenvalue weighted by Gasteiger charge is -2.36. The number of rotatable bonds is 9. The number of nitrogens with one attached hydrogen (secondary N) is 2. The predicted molar refractivity (Wildman–Crippen MR) is 164 cm³/mol. The Morgan fingerprint density at radius 2 is 1.71 bits per heavy atom. The van der Waals surface area contributed by atoms with Gasteiger partial charge in [0.2, 0.25) is 23.0 Å². The lowest BCUT2D eigenvalue weighted by molar-refractivity contribution is -0.134. The molecule has 42 heavy (non-hydrogen) atoms. The first-order valence-corrected chi connectivity index (χ1v) is 14.6. The van der Waals surface area contributed by atoms with E-state index in [1.54, 1.807) is 33.5 Å². The van der Waals surface area contributed by atoms with E-state index in [9.17, 15) is 14.4 Å². The van der Waals surface area contributed by atoms with Crippen LogP contribution in [0.5, 0.6) is 17.2 Å². The van der Waals surface area contributed by atoms with Crippen LogP contribution in [0.15, 0.2) is 29.1 Å². The molecule has 228 valence electrons. The van der Waals surface area contributed by atoms with Gasteiger partial charge in [-0.1, -0.05) is 26.3 Å². The smallest absolute Gasteiger partial charge is 0.245 e. The number of benzene rings is 1. The van der Waals surface area contributed by atoms with Gasteiger partial charge < -0.3 is 34.6 Å². The Kier molecular flexibility index (Phi) is 9.98. The zero-order valence-corrected chi connectivity index (χ0v) is 25.8.